The summed E-state index contributed by atoms with van der Waals surface area (Å²) >= 11 is 0. The SMILES string of the molecule is CCCc1ccc(OCC(NC2CC2)C(N)=O)cc1. The number of hydrogen-bond donors (Lipinski definition) is 2. The van der Waals surface area contributed by atoms with E-state index in [9.17, 15) is 4.79 Å². The van der Waals surface area contributed by atoms with Crippen LogP contribution in [0.2, 0.25) is 0 Å². The molecule has 1 aliphatic rings. The fourth-order valence-electron chi connectivity index (χ4n) is 1.97. The number of carbonyl (C=O) groups excluding carboxylic acids is 1. The molecule has 1 fully saturated rings. The molecule has 19 heavy (non-hydrogen) atoms. The maximum Gasteiger partial charge on any atom is 0.238 e. The Morgan fingerprint density at radius 3 is 2.63 bits per heavy atom. The fourth-order valence-corrected chi connectivity index (χ4v) is 1.97. The second kappa shape index (κ2) is 6.57. The highest BCUT2D eigenvalue weighted by molar-refractivity contribution is 5.80. The minimum Gasteiger partial charge on any atom is -0.491 e. The van der Waals surface area contributed by atoms with Gasteiger partial charge in [-0.05, 0) is 37.0 Å². The van der Waals surface area contributed by atoms with Crippen molar-refractivity contribution >= 4 is 5.91 Å². The van der Waals surface area contributed by atoms with E-state index in [2.05, 4.69) is 24.4 Å². The van der Waals surface area contributed by atoms with E-state index in [0.29, 0.717) is 12.6 Å². The Bertz CT molecular complexity index is 413. The molecular weight excluding hydrogens is 240 g/mol. The average Bonchev–Trinajstić information content (AvgIpc) is 3.20. The van der Waals surface area contributed by atoms with Gasteiger partial charge in [0, 0.05) is 6.04 Å². The molecule has 104 valence electrons. The predicted molar refractivity (Wildman–Crippen MR) is 75.1 cm³/mol. The van der Waals surface area contributed by atoms with Gasteiger partial charge in [0.05, 0.1) is 0 Å². The number of ether oxygens (including phenoxy) is 1. The van der Waals surface area contributed by atoms with E-state index in [1.165, 1.54) is 5.56 Å². The lowest BCUT2D eigenvalue weighted by molar-refractivity contribution is -0.120. The van der Waals surface area contributed by atoms with Crippen molar-refractivity contribution < 1.29 is 9.53 Å². The molecule has 1 aromatic carbocycles. The van der Waals surface area contributed by atoms with Crippen molar-refractivity contribution in [1.29, 1.82) is 0 Å². The molecular formula is C15H22N2O2. The lowest BCUT2D eigenvalue weighted by Gasteiger charge is -2.16. The first-order chi connectivity index (χ1) is 9.19. The van der Waals surface area contributed by atoms with Crippen molar-refractivity contribution in [2.75, 3.05) is 6.61 Å². The Balaban J connectivity index is 1.83. The first-order valence-electron chi connectivity index (χ1n) is 6.96. The zero-order chi connectivity index (χ0) is 13.7. The molecule has 1 saturated carbocycles. The molecule has 0 heterocycles. The van der Waals surface area contributed by atoms with Crippen LogP contribution in [-0.2, 0) is 11.2 Å². The third-order valence-electron chi connectivity index (χ3n) is 3.24. The monoisotopic (exact) mass is 262 g/mol. The van der Waals surface area contributed by atoms with E-state index in [-0.39, 0.29) is 5.91 Å². The smallest absolute Gasteiger partial charge is 0.238 e. The number of primary amides is 1. The fraction of sp³-hybridized carbons (Fsp3) is 0.533. The zero-order valence-electron chi connectivity index (χ0n) is 11.4. The van der Waals surface area contributed by atoms with E-state index >= 15 is 0 Å². The molecule has 1 aliphatic carbocycles. The van der Waals surface area contributed by atoms with Gasteiger partial charge in [0.1, 0.15) is 18.4 Å². The van der Waals surface area contributed by atoms with Gasteiger partial charge in [-0.3, -0.25) is 4.79 Å². The number of aryl methyl sites for hydroxylation is 1. The van der Waals surface area contributed by atoms with Crippen LogP contribution in [0, 0.1) is 0 Å². The van der Waals surface area contributed by atoms with Crippen molar-refractivity contribution in [3.8, 4) is 5.75 Å². The van der Waals surface area contributed by atoms with Gasteiger partial charge in [0.2, 0.25) is 5.91 Å². The van der Waals surface area contributed by atoms with Gasteiger partial charge in [-0.1, -0.05) is 25.5 Å². The minimum atomic E-state index is -0.400. The van der Waals surface area contributed by atoms with Gasteiger partial charge in [0.25, 0.3) is 0 Å². The summed E-state index contributed by atoms with van der Waals surface area (Å²) in [6, 6.07) is 8.05. The Morgan fingerprint density at radius 2 is 2.11 bits per heavy atom. The molecule has 0 aliphatic heterocycles. The second-order valence-corrected chi connectivity index (χ2v) is 5.10. The van der Waals surface area contributed by atoms with Crippen molar-refractivity contribution in [3.05, 3.63) is 29.8 Å². The van der Waals surface area contributed by atoms with Crippen LogP contribution in [0.15, 0.2) is 24.3 Å². The highest BCUT2D eigenvalue weighted by Crippen LogP contribution is 2.20. The number of nitrogens with two attached hydrogens (primary N) is 1. The van der Waals surface area contributed by atoms with Crippen molar-refractivity contribution in [2.24, 2.45) is 5.73 Å². The highest BCUT2D eigenvalue weighted by atomic mass is 16.5. The number of nitrogens with one attached hydrogen (secondary N) is 1. The summed E-state index contributed by atoms with van der Waals surface area (Å²) in [5.41, 5.74) is 6.66. The van der Waals surface area contributed by atoms with Crippen LogP contribution in [0.3, 0.4) is 0 Å². The summed E-state index contributed by atoms with van der Waals surface area (Å²) in [6.45, 7) is 2.45. The maximum atomic E-state index is 11.3. The molecule has 1 aromatic rings. The molecule has 4 heteroatoms. The molecule has 4 nitrogen and oxygen atoms in total. The second-order valence-electron chi connectivity index (χ2n) is 5.10. The van der Waals surface area contributed by atoms with E-state index in [4.69, 9.17) is 10.5 Å². The molecule has 1 unspecified atom stereocenters. The van der Waals surface area contributed by atoms with E-state index in [1.807, 2.05) is 12.1 Å². The van der Waals surface area contributed by atoms with Crippen LogP contribution in [0.5, 0.6) is 5.75 Å². The number of rotatable bonds is 8. The van der Waals surface area contributed by atoms with E-state index in [0.717, 1.165) is 31.4 Å². The van der Waals surface area contributed by atoms with Gasteiger partial charge >= 0.3 is 0 Å². The summed E-state index contributed by atoms with van der Waals surface area (Å²) in [6.07, 6.45) is 4.45. The molecule has 1 amide bonds. The number of benzene rings is 1. The predicted octanol–water partition coefficient (Wildman–Crippen LogP) is 1.62. The van der Waals surface area contributed by atoms with Crippen LogP contribution in [0.1, 0.15) is 31.7 Å². The van der Waals surface area contributed by atoms with E-state index < -0.39 is 6.04 Å². The van der Waals surface area contributed by atoms with Crippen LogP contribution >= 0.6 is 0 Å². The van der Waals surface area contributed by atoms with Crippen molar-refractivity contribution in [1.82, 2.24) is 5.32 Å². The Labute approximate surface area is 114 Å². The molecule has 0 aromatic heterocycles. The van der Waals surface area contributed by atoms with Crippen molar-refractivity contribution in [2.45, 2.75) is 44.7 Å². The highest BCUT2D eigenvalue weighted by Gasteiger charge is 2.27. The molecule has 0 bridgehead atoms. The van der Waals surface area contributed by atoms with Crippen LogP contribution in [0.25, 0.3) is 0 Å². The van der Waals surface area contributed by atoms with Crippen LogP contribution < -0.4 is 15.8 Å². The molecule has 0 spiro atoms. The lowest BCUT2D eigenvalue weighted by Crippen LogP contribution is -2.46. The van der Waals surface area contributed by atoms with Gasteiger partial charge < -0.3 is 15.8 Å². The maximum absolute atomic E-state index is 11.3. The summed E-state index contributed by atoms with van der Waals surface area (Å²) < 4.78 is 5.63. The summed E-state index contributed by atoms with van der Waals surface area (Å²) in [4.78, 5) is 11.3. The minimum absolute atomic E-state index is 0.291. The van der Waals surface area contributed by atoms with Gasteiger partial charge in [-0.2, -0.15) is 0 Å². The zero-order valence-corrected chi connectivity index (χ0v) is 11.4. The largest absolute Gasteiger partial charge is 0.491 e. The number of carbonyl (C=O) groups is 1. The molecule has 0 radical (unpaired) electrons. The summed E-state index contributed by atoms with van der Waals surface area (Å²) in [5.74, 6) is 0.429. The molecule has 2 rings (SSSR count). The van der Waals surface area contributed by atoms with Crippen LogP contribution in [-0.4, -0.2) is 24.6 Å². The van der Waals surface area contributed by atoms with Gasteiger partial charge in [-0.25, -0.2) is 0 Å². The molecule has 1 atom stereocenters. The Morgan fingerprint density at radius 1 is 1.42 bits per heavy atom. The van der Waals surface area contributed by atoms with E-state index in [1.54, 1.807) is 0 Å². The lowest BCUT2D eigenvalue weighted by atomic mass is 10.1. The molecule has 0 saturated heterocycles. The standard InChI is InChI=1S/C15H22N2O2/c1-2-3-11-4-8-13(9-5-11)19-10-14(15(16)18)17-12-6-7-12/h4-5,8-9,12,14,17H,2-3,6-7,10H2,1H3,(H2,16,18). The topological polar surface area (TPSA) is 64.3 Å². The third-order valence-corrected chi connectivity index (χ3v) is 3.24. The Kier molecular flexibility index (Phi) is 4.80. The summed E-state index contributed by atoms with van der Waals surface area (Å²) in [7, 11) is 0. The normalized spacial score (nSPS) is 16.1. The first-order valence-corrected chi connectivity index (χ1v) is 6.96. The summed E-state index contributed by atoms with van der Waals surface area (Å²) in [5, 5.41) is 3.19. The van der Waals surface area contributed by atoms with Gasteiger partial charge in [-0.15, -0.1) is 0 Å². The third kappa shape index (κ3) is 4.56. The average molecular weight is 262 g/mol. The van der Waals surface area contributed by atoms with Gasteiger partial charge in [0.15, 0.2) is 0 Å². The van der Waals surface area contributed by atoms with Crippen molar-refractivity contribution in [3.63, 3.8) is 0 Å². The molecule has 3 N–H and O–H groups in total. The number of amides is 1. The van der Waals surface area contributed by atoms with Crippen LogP contribution in [0.4, 0.5) is 0 Å². The Hall–Kier alpha value is -1.55. The first kappa shape index (κ1) is 13.9. The quantitative estimate of drug-likeness (QED) is 0.748. The number of hydrogen-bond acceptors (Lipinski definition) is 3.